The molecule has 0 aromatic carbocycles. The Morgan fingerprint density at radius 1 is 1.23 bits per heavy atom. The number of hydrogen-bond acceptors (Lipinski definition) is 4. The maximum absolute atomic E-state index is 5.44. The Balaban J connectivity index is 2.41. The summed E-state index contributed by atoms with van der Waals surface area (Å²) in [5.74, 6) is 2.17. The largest absolute Gasteiger partial charge is 0.379 e. The van der Waals surface area contributed by atoms with E-state index in [1.165, 1.54) is 18.6 Å². The van der Waals surface area contributed by atoms with Crippen LogP contribution in [0.4, 0.5) is 0 Å². The van der Waals surface area contributed by atoms with Crippen molar-refractivity contribution in [2.75, 3.05) is 57.9 Å². The molecule has 2 N–H and O–H groups in total. The molecule has 0 unspecified atom stereocenters. The van der Waals surface area contributed by atoms with Gasteiger partial charge >= 0.3 is 0 Å². The van der Waals surface area contributed by atoms with Gasteiger partial charge in [0, 0.05) is 31.7 Å². The van der Waals surface area contributed by atoms with Crippen molar-refractivity contribution in [1.29, 1.82) is 0 Å². The first-order valence-electron chi connectivity index (χ1n) is 8.44. The number of thioether (sulfide) groups is 1. The Morgan fingerprint density at radius 3 is 2.59 bits per heavy atom. The van der Waals surface area contributed by atoms with Gasteiger partial charge in [-0.3, -0.25) is 9.89 Å². The highest BCUT2D eigenvalue weighted by Crippen LogP contribution is 2.16. The Bertz CT molecular complexity index is 317. The fourth-order valence-electron chi connectivity index (χ4n) is 2.46. The van der Waals surface area contributed by atoms with Gasteiger partial charge in [-0.2, -0.15) is 11.8 Å². The van der Waals surface area contributed by atoms with E-state index in [-0.39, 0.29) is 5.54 Å². The first-order valence-corrected chi connectivity index (χ1v) is 9.83. The van der Waals surface area contributed by atoms with Crippen molar-refractivity contribution in [3.8, 4) is 0 Å². The molecular formula is C16H34N4OS. The summed E-state index contributed by atoms with van der Waals surface area (Å²) in [6.45, 7) is 13.0. The third-order valence-electron chi connectivity index (χ3n) is 3.90. The molecule has 0 spiro atoms. The lowest BCUT2D eigenvalue weighted by Gasteiger charge is -2.39. The van der Waals surface area contributed by atoms with Gasteiger partial charge in [0.2, 0.25) is 0 Å². The number of morpholine rings is 1. The van der Waals surface area contributed by atoms with Crippen molar-refractivity contribution in [3.05, 3.63) is 0 Å². The van der Waals surface area contributed by atoms with Crippen molar-refractivity contribution in [1.82, 2.24) is 15.5 Å². The van der Waals surface area contributed by atoms with Crippen molar-refractivity contribution >= 4 is 17.7 Å². The van der Waals surface area contributed by atoms with E-state index in [0.29, 0.717) is 0 Å². The molecule has 6 heteroatoms. The number of nitrogens with one attached hydrogen (secondary N) is 2. The highest BCUT2D eigenvalue weighted by atomic mass is 32.2. The van der Waals surface area contributed by atoms with Gasteiger partial charge in [-0.05, 0) is 45.6 Å². The van der Waals surface area contributed by atoms with Crippen LogP contribution in [0.25, 0.3) is 0 Å². The zero-order chi connectivity index (χ0) is 16.3. The van der Waals surface area contributed by atoms with Crippen LogP contribution in [0.2, 0.25) is 0 Å². The molecular weight excluding hydrogens is 296 g/mol. The smallest absolute Gasteiger partial charge is 0.191 e. The maximum atomic E-state index is 5.44. The SMILES string of the molecule is CCNC(=NCC(C)(C)N1CCOCC1)NCCCCSC. The number of guanidine groups is 1. The van der Waals surface area contributed by atoms with Gasteiger partial charge in [0.05, 0.1) is 19.8 Å². The molecule has 0 bridgehead atoms. The molecule has 0 aromatic rings. The van der Waals surface area contributed by atoms with E-state index in [4.69, 9.17) is 9.73 Å². The van der Waals surface area contributed by atoms with E-state index >= 15 is 0 Å². The third-order valence-corrected chi connectivity index (χ3v) is 4.60. The molecule has 1 heterocycles. The standard InChI is InChI=1S/C16H34N4OS/c1-5-17-15(18-8-6-7-13-22-4)19-14-16(2,3)20-9-11-21-12-10-20/h5-14H2,1-4H3,(H2,17,18,19). The first kappa shape index (κ1) is 19.6. The van der Waals surface area contributed by atoms with E-state index in [9.17, 15) is 0 Å². The van der Waals surface area contributed by atoms with Gasteiger partial charge in [-0.1, -0.05) is 0 Å². The van der Waals surface area contributed by atoms with Gasteiger partial charge in [0.1, 0.15) is 0 Å². The number of ether oxygens (including phenoxy) is 1. The molecule has 0 amide bonds. The zero-order valence-electron chi connectivity index (χ0n) is 14.8. The van der Waals surface area contributed by atoms with Crippen LogP contribution in [0.15, 0.2) is 4.99 Å². The van der Waals surface area contributed by atoms with Crippen LogP contribution in [-0.4, -0.2) is 74.3 Å². The van der Waals surface area contributed by atoms with Gasteiger partial charge in [-0.15, -0.1) is 0 Å². The number of hydrogen-bond donors (Lipinski definition) is 2. The first-order chi connectivity index (χ1) is 10.6. The van der Waals surface area contributed by atoms with Crippen molar-refractivity contribution in [2.24, 2.45) is 4.99 Å². The van der Waals surface area contributed by atoms with Crippen molar-refractivity contribution in [2.45, 2.75) is 39.2 Å². The molecule has 0 aliphatic carbocycles. The molecule has 0 atom stereocenters. The summed E-state index contributed by atoms with van der Waals surface area (Å²) in [7, 11) is 0. The van der Waals surface area contributed by atoms with Gasteiger partial charge in [0.25, 0.3) is 0 Å². The number of rotatable bonds is 9. The fraction of sp³-hybridized carbons (Fsp3) is 0.938. The van der Waals surface area contributed by atoms with Crippen LogP contribution in [0.3, 0.4) is 0 Å². The minimum absolute atomic E-state index is 0.0744. The number of nitrogens with zero attached hydrogens (tertiary/aromatic N) is 2. The minimum Gasteiger partial charge on any atom is -0.379 e. The van der Waals surface area contributed by atoms with Crippen molar-refractivity contribution in [3.63, 3.8) is 0 Å². The van der Waals surface area contributed by atoms with Crippen LogP contribution in [-0.2, 0) is 4.74 Å². The topological polar surface area (TPSA) is 48.9 Å². The lowest BCUT2D eigenvalue weighted by Crippen LogP contribution is -2.52. The monoisotopic (exact) mass is 330 g/mol. The lowest BCUT2D eigenvalue weighted by molar-refractivity contribution is -0.00683. The van der Waals surface area contributed by atoms with E-state index in [2.05, 4.69) is 42.6 Å². The van der Waals surface area contributed by atoms with Crippen LogP contribution in [0.1, 0.15) is 33.6 Å². The van der Waals surface area contributed by atoms with E-state index in [1.807, 2.05) is 11.8 Å². The van der Waals surface area contributed by atoms with Crippen LogP contribution < -0.4 is 10.6 Å². The highest BCUT2D eigenvalue weighted by molar-refractivity contribution is 7.98. The summed E-state index contributed by atoms with van der Waals surface area (Å²) in [6.07, 6.45) is 4.61. The average Bonchev–Trinajstić information content (AvgIpc) is 2.53. The Hall–Kier alpha value is -0.460. The molecule has 1 aliphatic rings. The quantitative estimate of drug-likeness (QED) is 0.383. The predicted molar refractivity (Wildman–Crippen MR) is 98.1 cm³/mol. The summed E-state index contributed by atoms with van der Waals surface area (Å²) < 4.78 is 5.44. The van der Waals surface area contributed by atoms with Crippen LogP contribution in [0.5, 0.6) is 0 Å². The summed E-state index contributed by atoms with van der Waals surface area (Å²) >= 11 is 1.91. The number of aliphatic imine (C=N–C) groups is 1. The summed E-state index contributed by atoms with van der Waals surface area (Å²) in [4.78, 5) is 7.26. The molecule has 1 rings (SSSR count). The molecule has 130 valence electrons. The van der Waals surface area contributed by atoms with E-state index in [0.717, 1.165) is 51.9 Å². The zero-order valence-corrected chi connectivity index (χ0v) is 15.6. The van der Waals surface area contributed by atoms with Gasteiger partial charge in [-0.25, -0.2) is 0 Å². The Labute approximate surface area is 140 Å². The summed E-state index contributed by atoms with van der Waals surface area (Å²) in [5.41, 5.74) is 0.0744. The van der Waals surface area contributed by atoms with E-state index < -0.39 is 0 Å². The molecule has 5 nitrogen and oxygen atoms in total. The lowest BCUT2D eigenvalue weighted by atomic mass is 10.0. The summed E-state index contributed by atoms with van der Waals surface area (Å²) in [5, 5.41) is 6.78. The maximum Gasteiger partial charge on any atom is 0.191 e. The van der Waals surface area contributed by atoms with Crippen molar-refractivity contribution < 1.29 is 4.74 Å². The molecule has 0 radical (unpaired) electrons. The second-order valence-electron chi connectivity index (χ2n) is 6.23. The molecule has 0 aromatic heterocycles. The second-order valence-corrected chi connectivity index (χ2v) is 7.22. The van der Waals surface area contributed by atoms with Crippen LogP contribution in [0, 0.1) is 0 Å². The van der Waals surface area contributed by atoms with E-state index in [1.54, 1.807) is 0 Å². The summed E-state index contributed by atoms with van der Waals surface area (Å²) in [6, 6.07) is 0. The highest BCUT2D eigenvalue weighted by Gasteiger charge is 2.27. The molecule has 22 heavy (non-hydrogen) atoms. The Kier molecular flexibility index (Phi) is 9.91. The number of unbranched alkanes of at least 4 members (excludes halogenated alkanes) is 1. The average molecular weight is 331 g/mol. The molecule has 1 saturated heterocycles. The second kappa shape index (κ2) is 11.1. The normalized spacial score (nSPS) is 17.5. The molecule has 1 aliphatic heterocycles. The Morgan fingerprint density at radius 2 is 1.95 bits per heavy atom. The van der Waals surface area contributed by atoms with Gasteiger partial charge in [0.15, 0.2) is 5.96 Å². The minimum atomic E-state index is 0.0744. The van der Waals surface area contributed by atoms with Crippen LogP contribution >= 0.6 is 11.8 Å². The predicted octanol–water partition coefficient (Wildman–Crippen LogP) is 1.80. The third kappa shape index (κ3) is 7.70. The molecule has 0 saturated carbocycles. The molecule has 1 fully saturated rings. The van der Waals surface area contributed by atoms with Gasteiger partial charge < -0.3 is 15.4 Å². The fourth-order valence-corrected chi connectivity index (χ4v) is 2.95.